The van der Waals surface area contributed by atoms with Crippen LogP contribution >= 0.6 is 0 Å². The summed E-state index contributed by atoms with van der Waals surface area (Å²) in [5, 5.41) is 3.31. The summed E-state index contributed by atoms with van der Waals surface area (Å²) in [6, 6.07) is 1.83. The molecule has 16 heavy (non-hydrogen) atoms. The van der Waals surface area contributed by atoms with E-state index in [2.05, 4.69) is 5.32 Å². The van der Waals surface area contributed by atoms with Crippen molar-refractivity contribution < 1.29 is 13.9 Å². The molecule has 0 atom stereocenters. The lowest BCUT2D eigenvalue weighted by Crippen LogP contribution is -2.26. The molecule has 1 aromatic rings. The fraction of sp³-hybridized carbons (Fsp3) is 0.583. The highest BCUT2D eigenvalue weighted by molar-refractivity contribution is 5.90. The number of furan rings is 1. The molecule has 0 aliphatic carbocycles. The zero-order chi connectivity index (χ0) is 11.5. The van der Waals surface area contributed by atoms with Crippen molar-refractivity contribution in [2.24, 2.45) is 0 Å². The van der Waals surface area contributed by atoms with Crippen LogP contribution in [0.25, 0.3) is 0 Å². The summed E-state index contributed by atoms with van der Waals surface area (Å²) in [5.74, 6) is 1.68. The Morgan fingerprint density at radius 2 is 2.19 bits per heavy atom. The van der Waals surface area contributed by atoms with E-state index in [0.29, 0.717) is 17.2 Å². The van der Waals surface area contributed by atoms with Gasteiger partial charge in [0.25, 0.3) is 0 Å². The summed E-state index contributed by atoms with van der Waals surface area (Å²) in [6.45, 7) is 3.83. The molecule has 1 N–H and O–H groups in total. The Hall–Kier alpha value is -1.29. The number of carbonyl (C=O) groups excluding carboxylic acids is 1. The number of hydrogen-bond acceptors (Lipinski definition) is 4. The maximum Gasteiger partial charge on any atom is 0.341 e. The van der Waals surface area contributed by atoms with Gasteiger partial charge in [0.2, 0.25) is 0 Å². The zero-order valence-corrected chi connectivity index (χ0v) is 9.71. The van der Waals surface area contributed by atoms with Crippen molar-refractivity contribution in [1.82, 2.24) is 5.32 Å². The molecule has 0 unspecified atom stereocenters. The predicted octanol–water partition coefficient (Wildman–Crippen LogP) is 1.84. The van der Waals surface area contributed by atoms with Crippen molar-refractivity contribution in [2.45, 2.75) is 25.7 Å². The molecule has 4 nitrogen and oxygen atoms in total. The van der Waals surface area contributed by atoms with Gasteiger partial charge in [-0.05, 0) is 38.9 Å². The van der Waals surface area contributed by atoms with Crippen LogP contribution < -0.4 is 5.32 Å². The summed E-state index contributed by atoms with van der Waals surface area (Å²) in [4.78, 5) is 11.4. The second-order valence-corrected chi connectivity index (χ2v) is 4.13. The molecule has 0 aromatic carbocycles. The molecule has 1 saturated heterocycles. The van der Waals surface area contributed by atoms with Gasteiger partial charge in [0, 0.05) is 5.92 Å². The summed E-state index contributed by atoms with van der Waals surface area (Å²) in [7, 11) is 1.39. The van der Waals surface area contributed by atoms with E-state index in [4.69, 9.17) is 9.15 Å². The molecular weight excluding hydrogens is 206 g/mol. The van der Waals surface area contributed by atoms with Crippen molar-refractivity contribution in [1.29, 1.82) is 0 Å². The number of methoxy groups -OCH3 is 1. The molecule has 1 fully saturated rings. The molecule has 0 amide bonds. The molecule has 1 aliphatic heterocycles. The van der Waals surface area contributed by atoms with Crippen LogP contribution in [0.5, 0.6) is 0 Å². The number of rotatable bonds is 2. The molecular formula is C12H17NO3. The van der Waals surface area contributed by atoms with Gasteiger partial charge in [0.15, 0.2) is 0 Å². The SMILES string of the molecule is COC(=O)c1cc(C2CCNCC2)oc1C. The van der Waals surface area contributed by atoms with Crippen molar-refractivity contribution in [3.05, 3.63) is 23.2 Å². The van der Waals surface area contributed by atoms with Crippen LogP contribution in [0, 0.1) is 6.92 Å². The lowest BCUT2D eigenvalue weighted by Gasteiger charge is -2.20. The zero-order valence-electron chi connectivity index (χ0n) is 9.71. The number of ether oxygens (including phenoxy) is 1. The van der Waals surface area contributed by atoms with Gasteiger partial charge >= 0.3 is 5.97 Å². The lowest BCUT2D eigenvalue weighted by molar-refractivity contribution is 0.0599. The number of hydrogen-bond donors (Lipinski definition) is 1. The van der Waals surface area contributed by atoms with E-state index < -0.39 is 0 Å². The van der Waals surface area contributed by atoms with Crippen molar-refractivity contribution in [3.63, 3.8) is 0 Å². The minimum Gasteiger partial charge on any atom is -0.465 e. The van der Waals surface area contributed by atoms with Gasteiger partial charge in [-0.1, -0.05) is 0 Å². The van der Waals surface area contributed by atoms with Crippen molar-refractivity contribution in [3.8, 4) is 0 Å². The van der Waals surface area contributed by atoms with Gasteiger partial charge in [-0.15, -0.1) is 0 Å². The molecule has 1 aromatic heterocycles. The van der Waals surface area contributed by atoms with E-state index in [1.54, 1.807) is 6.92 Å². The average molecular weight is 223 g/mol. The largest absolute Gasteiger partial charge is 0.465 e. The Balaban J connectivity index is 2.19. The van der Waals surface area contributed by atoms with Crippen LogP contribution in [0.15, 0.2) is 10.5 Å². The summed E-state index contributed by atoms with van der Waals surface area (Å²) >= 11 is 0. The maximum absolute atomic E-state index is 11.4. The van der Waals surface area contributed by atoms with Crippen LogP contribution in [-0.2, 0) is 4.74 Å². The monoisotopic (exact) mass is 223 g/mol. The van der Waals surface area contributed by atoms with Crippen LogP contribution in [-0.4, -0.2) is 26.2 Å². The Morgan fingerprint density at radius 1 is 1.50 bits per heavy atom. The van der Waals surface area contributed by atoms with Crippen molar-refractivity contribution in [2.75, 3.05) is 20.2 Å². The fourth-order valence-corrected chi connectivity index (χ4v) is 2.13. The highest BCUT2D eigenvalue weighted by Crippen LogP contribution is 2.29. The molecule has 4 heteroatoms. The third kappa shape index (κ3) is 2.11. The van der Waals surface area contributed by atoms with E-state index in [1.165, 1.54) is 7.11 Å². The summed E-state index contributed by atoms with van der Waals surface area (Å²) in [6.07, 6.45) is 2.13. The fourth-order valence-electron chi connectivity index (χ4n) is 2.13. The average Bonchev–Trinajstić information content (AvgIpc) is 2.71. The molecule has 0 spiro atoms. The van der Waals surface area contributed by atoms with Crippen molar-refractivity contribution >= 4 is 5.97 Å². The van der Waals surface area contributed by atoms with E-state index in [0.717, 1.165) is 31.7 Å². The summed E-state index contributed by atoms with van der Waals surface area (Å²) < 4.78 is 10.4. The molecule has 0 radical (unpaired) electrons. The Bertz CT molecular complexity index is 378. The highest BCUT2D eigenvalue weighted by atomic mass is 16.5. The van der Waals surface area contributed by atoms with Gasteiger partial charge in [-0.3, -0.25) is 0 Å². The first-order valence-corrected chi connectivity index (χ1v) is 5.61. The van der Waals surface area contributed by atoms with Gasteiger partial charge in [0.1, 0.15) is 17.1 Å². The van der Waals surface area contributed by atoms with E-state index >= 15 is 0 Å². The van der Waals surface area contributed by atoms with E-state index in [-0.39, 0.29) is 5.97 Å². The molecule has 0 bridgehead atoms. The molecule has 0 saturated carbocycles. The standard InChI is InChI=1S/C12H17NO3/c1-8-10(12(14)15-2)7-11(16-8)9-3-5-13-6-4-9/h7,9,13H,3-6H2,1-2H3. The van der Waals surface area contributed by atoms with Gasteiger partial charge in [-0.25, -0.2) is 4.79 Å². The Kier molecular flexibility index (Phi) is 3.29. The van der Waals surface area contributed by atoms with Crippen LogP contribution in [0.1, 0.15) is 40.6 Å². The molecule has 88 valence electrons. The Morgan fingerprint density at radius 3 is 2.81 bits per heavy atom. The quantitative estimate of drug-likeness (QED) is 0.777. The number of aryl methyl sites for hydroxylation is 1. The second kappa shape index (κ2) is 4.70. The van der Waals surface area contributed by atoms with Crippen LogP contribution in [0.2, 0.25) is 0 Å². The minimum absolute atomic E-state index is 0.318. The van der Waals surface area contributed by atoms with Gasteiger partial charge in [0.05, 0.1) is 7.11 Å². The lowest BCUT2D eigenvalue weighted by atomic mass is 9.95. The first kappa shape index (κ1) is 11.2. The first-order valence-electron chi connectivity index (χ1n) is 5.61. The predicted molar refractivity (Wildman–Crippen MR) is 59.6 cm³/mol. The summed E-state index contributed by atoms with van der Waals surface area (Å²) in [5.41, 5.74) is 0.552. The molecule has 1 aliphatic rings. The third-order valence-electron chi connectivity index (χ3n) is 3.08. The number of piperidine rings is 1. The smallest absolute Gasteiger partial charge is 0.341 e. The number of carbonyl (C=O) groups is 1. The van der Waals surface area contributed by atoms with Gasteiger partial charge < -0.3 is 14.5 Å². The highest BCUT2D eigenvalue weighted by Gasteiger charge is 2.22. The third-order valence-corrected chi connectivity index (χ3v) is 3.08. The molecule has 2 rings (SSSR count). The number of esters is 1. The molecule has 2 heterocycles. The van der Waals surface area contributed by atoms with Crippen LogP contribution in [0.4, 0.5) is 0 Å². The van der Waals surface area contributed by atoms with Crippen LogP contribution in [0.3, 0.4) is 0 Å². The normalized spacial score (nSPS) is 17.4. The maximum atomic E-state index is 11.4. The Labute approximate surface area is 95.0 Å². The first-order chi connectivity index (χ1) is 7.72. The minimum atomic E-state index is -0.318. The second-order valence-electron chi connectivity index (χ2n) is 4.13. The number of nitrogens with one attached hydrogen (secondary N) is 1. The van der Waals surface area contributed by atoms with Gasteiger partial charge in [-0.2, -0.15) is 0 Å². The topological polar surface area (TPSA) is 51.5 Å². The van der Waals surface area contributed by atoms with E-state index in [9.17, 15) is 4.79 Å². The van der Waals surface area contributed by atoms with E-state index in [1.807, 2.05) is 6.07 Å².